The molecule has 0 aliphatic heterocycles. The van der Waals surface area contributed by atoms with Gasteiger partial charge in [0.15, 0.2) is 0 Å². The van der Waals surface area contributed by atoms with Gasteiger partial charge in [-0.3, -0.25) is 14.9 Å². The normalized spacial score (nSPS) is 10.7. The third-order valence-corrected chi connectivity index (χ3v) is 4.88. The van der Waals surface area contributed by atoms with Crippen LogP contribution in [0.2, 0.25) is 0 Å². The molecule has 0 unspecified atom stereocenters. The molecule has 7 nitrogen and oxygen atoms in total. The van der Waals surface area contributed by atoms with E-state index in [9.17, 15) is 14.9 Å². The number of hydrogen-bond acceptors (Lipinski definition) is 4. The number of anilines is 1. The molecule has 3 aromatic rings. The third-order valence-electron chi connectivity index (χ3n) is 4.21. The van der Waals surface area contributed by atoms with Crippen LogP contribution in [-0.2, 0) is 0 Å². The Kier molecular flexibility index (Phi) is 5.09. The standard InChI is InChI=1S/C19H17BrN4O3/c1-11-4-7-15(8-5-11)23-13(3)18(12(2)22-23)21-19(25)14-6-9-16(20)17(10-14)24(26)27/h4-10H,1-3H3,(H,21,25). The van der Waals surface area contributed by atoms with E-state index in [0.29, 0.717) is 15.9 Å². The number of halogens is 1. The summed E-state index contributed by atoms with van der Waals surface area (Å²) in [6.45, 7) is 5.67. The Labute approximate surface area is 164 Å². The van der Waals surface area contributed by atoms with Gasteiger partial charge in [0.1, 0.15) is 0 Å². The molecule has 1 amide bonds. The van der Waals surface area contributed by atoms with E-state index >= 15 is 0 Å². The predicted molar refractivity (Wildman–Crippen MR) is 107 cm³/mol. The summed E-state index contributed by atoms with van der Waals surface area (Å²) in [5.74, 6) is -0.430. The van der Waals surface area contributed by atoms with E-state index in [1.807, 2.05) is 38.1 Å². The third kappa shape index (κ3) is 3.75. The highest BCUT2D eigenvalue weighted by molar-refractivity contribution is 9.10. The maximum atomic E-state index is 12.6. The van der Waals surface area contributed by atoms with Gasteiger partial charge in [0.05, 0.1) is 32.2 Å². The highest BCUT2D eigenvalue weighted by Gasteiger charge is 2.19. The van der Waals surface area contributed by atoms with Crippen LogP contribution in [0.3, 0.4) is 0 Å². The number of nitrogens with zero attached hydrogens (tertiary/aromatic N) is 3. The Hall–Kier alpha value is -3.00. The number of hydrogen-bond donors (Lipinski definition) is 1. The Morgan fingerprint density at radius 2 is 1.81 bits per heavy atom. The zero-order chi connectivity index (χ0) is 19.7. The Morgan fingerprint density at radius 1 is 1.15 bits per heavy atom. The molecule has 1 heterocycles. The van der Waals surface area contributed by atoms with Crippen LogP contribution in [0.15, 0.2) is 46.9 Å². The number of nitrogens with one attached hydrogen (secondary N) is 1. The van der Waals surface area contributed by atoms with Gasteiger partial charge < -0.3 is 5.32 Å². The summed E-state index contributed by atoms with van der Waals surface area (Å²) in [6.07, 6.45) is 0. The lowest BCUT2D eigenvalue weighted by molar-refractivity contribution is -0.385. The number of benzene rings is 2. The number of nitro groups is 1. The van der Waals surface area contributed by atoms with Crippen molar-refractivity contribution in [3.63, 3.8) is 0 Å². The van der Waals surface area contributed by atoms with E-state index in [2.05, 4.69) is 26.3 Å². The quantitative estimate of drug-likeness (QED) is 0.480. The first-order valence-electron chi connectivity index (χ1n) is 8.16. The lowest BCUT2D eigenvalue weighted by Crippen LogP contribution is -2.13. The molecule has 1 aromatic heterocycles. The summed E-state index contributed by atoms with van der Waals surface area (Å²) in [6, 6.07) is 12.2. The Balaban J connectivity index is 1.92. The molecule has 0 radical (unpaired) electrons. The summed E-state index contributed by atoms with van der Waals surface area (Å²) < 4.78 is 2.08. The molecule has 2 aromatic carbocycles. The molecule has 3 rings (SSSR count). The zero-order valence-corrected chi connectivity index (χ0v) is 16.6. The van der Waals surface area contributed by atoms with Crippen molar-refractivity contribution in [2.45, 2.75) is 20.8 Å². The Bertz CT molecular complexity index is 1040. The number of aromatic nitrogens is 2. The summed E-state index contributed by atoms with van der Waals surface area (Å²) in [5.41, 5.74) is 4.10. The summed E-state index contributed by atoms with van der Waals surface area (Å²) in [5, 5.41) is 18.4. The first-order chi connectivity index (χ1) is 12.8. The molecular weight excluding hydrogens is 412 g/mol. The summed E-state index contributed by atoms with van der Waals surface area (Å²) in [7, 11) is 0. The minimum atomic E-state index is -0.535. The monoisotopic (exact) mass is 428 g/mol. The van der Waals surface area contributed by atoms with Crippen molar-refractivity contribution in [3.8, 4) is 5.69 Å². The molecule has 1 N–H and O–H groups in total. The van der Waals surface area contributed by atoms with Gasteiger partial charge in [-0.1, -0.05) is 17.7 Å². The van der Waals surface area contributed by atoms with Crippen molar-refractivity contribution in [2.24, 2.45) is 0 Å². The molecule has 0 aliphatic rings. The Morgan fingerprint density at radius 3 is 2.44 bits per heavy atom. The van der Waals surface area contributed by atoms with Crippen LogP contribution in [0.5, 0.6) is 0 Å². The molecule has 0 atom stereocenters. The highest BCUT2D eigenvalue weighted by Crippen LogP contribution is 2.27. The predicted octanol–water partition coefficient (Wildman–Crippen LogP) is 4.72. The van der Waals surface area contributed by atoms with E-state index < -0.39 is 10.8 Å². The molecular formula is C19H17BrN4O3. The summed E-state index contributed by atoms with van der Waals surface area (Å²) >= 11 is 3.12. The largest absolute Gasteiger partial charge is 0.319 e. The number of aryl methyl sites for hydroxylation is 2. The average molecular weight is 429 g/mol. The van der Waals surface area contributed by atoms with Crippen LogP contribution >= 0.6 is 15.9 Å². The molecule has 0 aliphatic carbocycles. The van der Waals surface area contributed by atoms with Gasteiger partial charge in [-0.05, 0) is 61.0 Å². The van der Waals surface area contributed by atoms with Crippen LogP contribution in [0.4, 0.5) is 11.4 Å². The van der Waals surface area contributed by atoms with E-state index in [4.69, 9.17) is 0 Å². The number of carbonyl (C=O) groups is 1. The zero-order valence-electron chi connectivity index (χ0n) is 15.0. The lowest BCUT2D eigenvalue weighted by atomic mass is 10.2. The molecule has 0 fully saturated rings. The van der Waals surface area contributed by atoms with Crippen LogP contribution in [0, 0.1) is 30.9 Å². The molecule has 8 heteroatoms. The van der Waals surface area contributed by atoms with Crippen LogP contribution in [-0.4, -0.2) is 20.6 Å². The van der Waals surface area contributed by atoms with Crippen molar-refractivity contribution in [3.05, 3.63) is 79.6 Å². The van der Waals surface area contributed by atoms with Crippen LogP contribution in [0.25, 0.3) is 5.69 Å². The van der Waals surface area contributed by atoms with E-state index in [1.165, 1.54) is 18.2 Å². The van der Waals surface area contributed by atoms with E-state index in [1.54, 1.807) is 11.6 Å². The molecule has 0 bridgehead atoms. The smallest absolute Gasteiger partial charge is 0.284 e. The number of carbonyl (C=O) groups excluding carboxylic acids is 1. The van der Waals surface area contributed by atoms with Crippen molar-refractivity contribution < 1.29 is 9.72 Å². The lowest BCUT2D eigenvalue weighted by Gasteiger charge is -2.08. The minimum Gasteiger partial charge on any atom is -0.319 e. The maximum Gasteiger partial charge on any atom is 0.284 e. The second-order valence-electron chi connectivity index (χ2n) is 6.17. The molecule has 0 saturated heterocycles. The SMILES string of the molecule is Cc1ccc(-n2nc(C)c(NC(=O)c3ccc(Br)c([N+](=O)[O-])c3)c2C)cc1. The van der Waals surface area contributed by atoms with Gasteiger partial charge in [0.2, 0.25) is 0 Å². The van der Waals surface area contributed by atoms with Gasteiger partial charge in [-0.25, -0.2) is 4.68 Å². The van der Waals surface area contributed by atoms with Crippen molar-refractivity contribution in [2.75, 3.05) is 5.32 Å². The van der Waals surface area contributed by atoms with E-state index in [-0.39, 0.29) is 11.3 Å². The fourth-order valence-electron chi connectivity index (χ4n) is 2.74. The van der Waals surface area contributed by atoms with Crippen LogP contribution in [0.1, 0.15) is 27.3 Å². The van der Waals surface area contributed by atoms with Crippen molar-refractivity contribution in [1.82, 2.24) is 9.78 Å². The first kappa shape index (κ1) is 18.8. The fourth-order valence-corrected chi connectivity index (χ4v) is 3.13. The van der Waals surface area contributed by atoms with Crippen molar-refractivity contribution in [1.29, 1.82) is 0 Å². The second kappa shape index (κ2) is 7.32. The maximum absolute atomic E-state index is 12.6. The van der Waals surface area contributed by atoms with Gasteiger partial charge >= 0.3 is 0 Å². The van der Waals surface area contributed by atoms with Gasteiger partial charge in [-0.2, -0.15) is 5.10 Å². The topological polar surface area (TPSA) is 90.1 Å². The molecule has 138 valence electrons. The number of amides is 1. The van der Waals surface area contributed by atoms with Gasteiger partial charge in [-0.15, -0.1) is 0 Å². The second-order valence-corrected chi connectivity index (χ2v) is 7.02. The van der Waals surface area contributed by atoms with Gasteiger partial charge in [0, 0.05) is 11.6 Å². The fraction of sp³-hybridized carbons (Fsp3) is 0.158. The number of rotatable bonds is 4. The minimum absolute atomic E-state index is 0.161. The molecule has 27 heavy (non-hydrogen) atoms. The molecule has 0 spiro atoms. The molecule has 0 saturated carbocycles. The first-order valence-corrected chi connectivity index (χ1v) is 8.96. The van der Waals surface area contributed by atoms with Gasteiger partial charge in [0.25, 0.3) is 11.6 Å². The van der Waals surface area contributed by atoms with E-state index in [0.717, 1.165) is 16.9 Å². The summed E-state index contributed by atoms with van der Waals surface area (Å²) in [4.78, 5) is 23.2. The highest BCUT2D eigenvalue weighted by atomic mass is 79.9. The van der Waals surface area contributed by atoms with Crippen molar-refractivity contribution >= 4 is 33.2 Å². The number of nitro benzene ring substituents is 1. The van der Waals surface area contributed by atoms with Crippen LogP contribution < -0.4 is 5.32 Å². The average Bonchev–Trinajstić information content (AvgIpc) is 2.90.